The van der Waals surface area contributed by atoms with Gasteiger partial charge < -0.3 is 20.6 Å². The Hall–Kier alpha value is -4.67. The van der Waals surface area contributed by atoms with Crippen LogP contribution < -0.4 is 10.6 Å². The van der Waals surface area contributed by atoms with Crippen molar-refractivity contribution in [3.05, 3.63) is 126 Å². The van der Waals surface area contributed by atoms with Gasteiger partial charge in [0.05, 0.1) is 0 Å². The third-order valence-corrected chi connectivity index (χ3v) is 9.29. The van der Waals surface area contributed by atoms with Crippen molar-refractivity contribution >= 4 is 17.7 Å². The smallest absolute Gasteiger partial charge is 0.475 e. The number of amides is 2. The quantitative estimate of drug-likeness (QED) is 0.155. The van der Waals surface area contributed by atoms with Crippen LogP contribution in [0.3, 0.4) is 0 Å². The lowest BCUT2D eigenvalue weighted by molar-refractivity contribution is -0.192. The molecule has 50 heavy (non-hydrogen) atoms. The Morgan fingerprint density at radius 1 is 0.740 bits per heavy atom. The fourth-order valence-electron chi connectivity index (χ4n) is 6.57. The summed E-state index contributed by atoms with van der Waals surface area (Å²) in [5.41, 5.74) is 7.10. The van der Waals surface area contributed by atoms with Crippen LogP contribution in [-0.4, -0.2) is 58.3 Å². The molecule has 4 aromatic rings. The molecular weight excluding hydrogens is 641 g/mol. The van der Waals surface area contributed by atoms with Crippen LogP contribution in [0.1, 0.15) is 55.2 Å². The number of halogens is 3. The summed E-state index contributed by atoms with van der Waals surface area (Å²) in [5.74, 6) is -2.76. The average molecular weight is 687 g/mol. The van der Waals surface area contributed by atoms with Gasteiger partial charge in [0.2, 0.25) is 0 Å². The second-order valence-electron chi connectivity index (χ2n) is 13.0. The van der Waals surface area contributed by atoms with Gasteiger partial charge in [-0.1, -0.05) is 104 Å². The molecule has 1 saturated heterocycles. The van der Waals surface area contributed by atoms with Crippen LogP contribution in [0.2, 0.25) is 0 Å². The second-order valence-corrected chi connectivity index (χ2v) is 13.0. The van der Waals surface area contributed by atoms with Crippen LogP contribution in [0.5, 0.6) is 0 Å². The van der Waals surface area contributed by atoms with Crippen molar-refractivity contribution in [2.45, 2.75) is 76.4 Å². The molecule has 4 aromatic carbocycles. The summed E-state index contributed by atoms with van der Waals surface area (Å²) in [4.78, 5) is 27.1. The molecule has 6 rings (SSSR count). The molecule has 10 heteroatoms. The molecule has 0 unspecified atom stereocenters. The summed E-state index contributed by atoms with van der Waals surface area (Å²) in [6.07, 6.45) is 2.15. The number of nitrogens with one attached hydrogen (secondary N) is 2. The van der Waals surface area contributed by atoms with Gasteiger partial charge in [0, 0.05) is 50.5 Å². The van der Waals surface area contributed by atoms with Crippen molar-refractivity contribution in [1.29, 1.82) is 0 Å². The minimum Gasteiger partial charge on any atom is -0.475 e. The third-order valence-electron chi connectivity index (χ3n) is 9.29. The highest BCUT2D eigenvalue weighted by molar-refractivity contribution is 5.89. The molecule has 0 bridgehead atoms. The first kappa shape index (κ1) is 36.6. The number of hydrogen-bond acceptors (Lipinski definition) is 4. The van der Waals surface area contributed by atoms with E-state index in [9.17, 15) is 18.0 Å². The van der Waals surface area contributed by atoms with Gasteiger partial charge in [0.25, 0.3) is 0 Å². The van der Waals surface area contributed by atoms with E-state index in [0.29, 0.717) is 12.6 Å². The van der Waals surface area contributed by atoms with E-state index in [0.717, 1.165) is 50.3 Å². The highest BCUT2D eigenvalue weighted by Gasteiger charge is 2.38. The first-order valence-corrected chi connectivity index (χ1v) is 17.2. The molecule has 2 fully saturated rings. The summed E-state index contributed by atoms with van der Waals surface area (Å²) in [6.45, 7) is 4.45. The summed E-state index contributed by atoms with van der Waals surface area (Å²) in [7, 11) is 0. The average Bonchev–Trinajstić information content (AvgIpc) is 3.65. The number of nitrogens with zero attached hydrogens (tertiary/aromatic N) is 2. The maximum Gasteiger partial charge on any atom is 0.490 e. The number of piperidine rings is 1. The van der Waals surface area contributed by atoms with Gasteiger partial charge in [-0.3, -0.25) is 4.90 Å². The van der Waals surface area contributed by atoms with Crippen LogP contribution in [-0.2, 0) is 24.4 Å². The Bertz CT molecular complexity index is 1640. The number of carbonyl (C=O) groups excluding carboxylic acids is 1. The number of carbonyl (C=O) groups is 2. The minimum absolute atomic E-state index is 0.0285. The molecular formula is C40H45F3N4O3. The molecule has 7 nitrogen and oxygen atoms in total. The molecule has 264 valence electrons. The monoisotopic (exact) mass is 686 g/mol. The third kappa shape index (κ3) is 11.2. The highest BCUT2D eigenvalue weighted by atomic mass is 19.4. The number of carboxylic acids is 1. The van der Waals surface area contributed by atoms with Crippen LogP contribution in [0.25, 0.3) is 11.1 Å². The van der Waals surface area contributed by atoms with Gasteiger partial charge in [0.1, 0.15) is 0 Å². The predicted octanol–water partition coefficient (Wildman–Crippen LogP) is 8.72. The SMILES string of the molecule is O=C(Nc1ccccc1)N(Cc1ccc(-c2cccc(CNC3CCCC3)c2)cc1)C1CCN(Cc2ccccc2)CC1.O=C(O)C(F)(F)F. The van der Waals surface area contributed by atoms with Crippen LogP contribution in [0.4, 0.5) is 23.7 Å². The van der Waals surface area contributed by atoms with Gasteiger partial charge in [-0.15, -0.1) is 0 Å². The van der Waals surface area contributed by atoms with Gasteiger partial charge >= 0.3 is 18.2 Å². The number of carboxylic acid groups (broad SMARTS) is 1. The molecule has 1 heterocycles. The highest BCUT2D eigenvalue weighted by Crippen LogP contribution is 2.26. The topological polar surface area (TPSA) is 84.9 Å². The maximum atomic E-state index is 13.7. The predicted molar refractivity (Wildman–Crippen MR) is 190 cm³/mol. The molecule has 1 saturated carbocycles. The molecule has 0 atom stereocenters. The molecule has 0 aromatic heterocycles. The zero-order valence-corrected chi connectivity index (χ0v) is 28.1. The standard InChI is InChI=1S/C38H44N4O.C2HF3O2/c43-38(40-36-16-5-2-6-17-36)42(37-22-24-41(25-23-37)28-30-10-3-1-4-11-30)29-31-18-20-33(21-19-31)34-13-9-12-32(26-34)27-39-35-14-7-8-15-35;3-2(4,5)1(6)7/h1-6,9-13,16-21,26,35,37,39H,7-8,14-15,22-25,27-29H2,(H,40,43);(H,6,7). The summed E-state index contributed by atoms with van der Waals surface area (Å²) >= 11 is 0. The molecule has 3 N–H and O–H groups in total. The normalized spacial score (nSPS) is 15.6. The fraction of sp³-hybridized carbons (Fsp3) is 0.350. The molecule has 1 aliphatic heterocycles. The van der Waals surface area contributed by atoms with Crippen molar-refractivity contribution in [2.75, 3.05) is 18.4 Å². The lowest BCUT2D eigenvalue weighted by atomic mass is 10.00. The van der Waals surface area contributed by atoms with E-state index < -0.39 is 12.1 Å². The van der Waals surface area contributed by atoms with Crippen molar-refractivity contribution < 1.29 is 27.9 Å². The second kappa shape index (κ2) is 17.8. The van der Waals surface area contributed by atoms with E-state index in [-0.39, 0.29) is 12.1 Å². The summed E-state index contributed by atoms with van der Waals surface area (Å²) in [6, 6.07) is 38.9. The Labute approximate surface area is 292 Å². The van der Waals surface area contributed by atoms with Crippen LogP contribution >= 0.6 is 0 Å². The Morgan fingerprint density at radius 3 is 1.96 bits per heavy atom. The zero-order chi connectivity index (χ0) is 35.3. The van der Waals surface area contributed by atoms with E-state index >= 15 is 0 Å². The van der Waals surface area contributed by atoms with Crippen molar-refractivity contribution in [1.82, 2.24) is 15.1 Å². The number of para-hydroxylation sites is 1. The summed E-state index contributed by atoms with van der Waals surface area (Å²) in [5, 5.41) is 14.0. The molecule has 0 radical (unpaired) electrons. The molecule has 2 aliphatic rings. The van der Waals surface area contributed by atoms with E-state index in [1.807, 2.05) is 30.3 Å². The number of rotatable bonds is 10. The van der Waals surface area contributed by atoms with E-state index in [2.05, 4.69) is 99.3 Å². The van der Waals surface area contributed by atoms with Crippen LogP contribution in [0.15, 0.2) is 109 Å². The molecule has 1 aliphatic carbocycles. The Balaban J connectivity index is 0.000000630. The lowest BCUT2D eigenvalue weighted by Crippen LogP contribution is -2.48. The largest absolute Gasteiger partial charge is 0.490 e. The van der Waals surface area contributed by atoms with E-state index in [4.69, 9.17) is 9.90 Å². The zero-order valence-electron chi connectivity index (χ0n) is 28.1. The number of alkyl halides is 3. The number of anilines is 1. The van der Waals surface area contributed by atoms with E-state index in [1.165, 1.54) is 47.9 Å². The maximum absolute atomic E-state index is 13.7. The first-order chi connectivity index (χ1) is 24.1. The molecule has 2 amide bonds. The first-order valence-electron chi connectivity index (χ1n) is 17.2. The van der Waals surface area contributed by atoms with Gasteiger partial charge in [-0.2, -0.15) is 13.2 Å². The van der Waals surface area contributed by atoms with Gasteiger partial charge in [-0.05, 0) is 71.7 Å². The van der Waals surface area contributed by atoms with Crippen molar-refractivity contribution in [2.24, 2.45) is 0 Å². The number of aliphatic carboxylic acids is 1. The number of benzene rings is 4. The number of likely N-dealkylation sites (tertiary alicyclic amines) is 1. The molecule has 0 spiro atoms. The Morgan fingerprint density at radius 2 is 1.34 bits per heavy atom. The van der Waals surface area contributed by atoms with Crippen molar-refractivity contribution in [3.63, 3.8) is 0 Å². The van der Waals surface area contributed by atoms with Crippen molar-refractivity contribution in [3.8, 4) is 11.1 Å². The lowest BCUT2D eigenvalue weighted by Gasteiger charge is -2.38. The summed E-state index contributed by atoms with van der Waals surface area (Å²) < 4.78 is 31.7. The van der Waals surface area contributed by atoms with E-state index in [1.54, 1.807) is 0 Å². The van der Waals surface area contributed by atoms with Gasteiger partial charge in [-0.25, -0.2) is 9.59 Å². The number of hydrogen-bond donors (Lipinski definition) is 3. The fourth-order valence-corrected chi connectivity index (χ4v) is 6.57. The van der Waals surface area contributed by atoms with Gasteiger partial charge in [0.15, 0.2) is 0 Å². The van der Waals surface area contributed by atoms with Crippen LogP contribution in [0, 0.1) is 0 Å². The minimum atomic E-state index is -5.08. The Kier molecular flexibility index (Phi) is 13.1. The number of urea groups is 1.